The monoisotopic (exact) mass is 471 g/mol. The largest absolute Gasteiger partial charge is 0.481 e. The third kappa shape index (κ3) is 13.4. The molecule has 0 unspecified atom stereocenters. The highest BCUT2D eigenvalue weighted by Gasteiger charge is 2.32. The van der Waals surface area contributed by atoms with Crippen LogP contribution < -0.4 is 27.8 Å². The van der Waals surface area contributed by atoms with Gasteiger partial charge in [0.1, 0.15) is 6.04 Å². The summed E-state index contributed by atoms with van der Waals surface area (Å²) in [5.41, 5.74) is 16.5. The molecule has 9 N–H and O–H groups in total. The Balaban J connectivity index is 0.00000235. The van der Waals surface area contributed by atoms with Crippen LogP contribution in [0.2, 0.25) is 0 Å². The molecule has 12 nitrogen and oxygen atoms in total. The molecule has 1 heterocycles. The lowest BCUT2D eigenvalue weighted by Crippen LogP contribution is -2.55. The first-order valence-corrected chi connectivity index (χ1v) is 11.3. The Morgan fingerprint density at radius 1 is 1.18 bits per heavy atom. The molecule has 1 rings (SSSR count). The van der Waals surface area contributed by atoms with Crippen LogP contribution in [-0.2, 0) is 19.2 Å². The van der Waals surface area contributed by atoms with Crippen LogP contribution in [0.25, 0.3) is 0 Å². The van der Waals surface area contributed by atoms with Crippen LogP contribution in [0.15, 0.2) is 4.99 Å². The molecule has 3 atom stereocenters. The SMILES string of the molecule is CC(=O)O.CCN1CCC[C@H]1C(=O)NC(=O)[C@H](CCCN=C(N)N)NC(=O)[C@@H](N)CC(C)C. The molecule has 0 radical (unpaired) electrons. The van der Waals surface area contributed by atoms with Gasteiger partial charge in [-0.15, -0.1) is 0 Å². The standard InChI is InChI=1S/C19H37N7O3.C2H4O2/c1-4-26-10-6-8-15(26)18(29)25-17(28)14(7-5-9-23-19(21)22)24-16(27)13(20)11-12(2)3;1-2(3)4/h12-15H,4-11,20H2,1-3H3,(H,24,27)(H4,21,22,23)(H,25,28,29);1H3,(H,3,4)/t13-,14-,15-;/m0./s1. The van der Waals surface area contributed by atoms with Crippen molar-refractivity contribution in [2.45, 2.75) is 77.9 Å². The summed E-state index contributed by atoms with van der Waals surface area (Å²) in [7, 11) is 0. The van der Waals surface area contributed by atoms with Crippen molar-refractivity contribution in [3.63, 3.8) is 0 Å². The van der Waals surface area contributed by atoms with Gasteiger partial charge in [0.15, 0.2) is 5.96 Å². The summed E-state index contributed by atoms with van der Waals surface area (Å²) in [6.07, 6.45) is 2.89. The average Bonchev–Trinajstić information content (AvgIpc) is 3.17. The van der Waals surface area contributed by atoms with Crippen LogP contribution in [0.1, 0.15) is 59.8 Å². The Hall–Kier alpha value is -2.73. The number of guanidine groups is 1. The molecule has 1 aliphatic heterocycles. The van der Waals surface area contributed by atoms with Crippen molar-refractivity contribution in [1.82, 2.24) is 15.5 Å². The van der Waals surface area contributed by atoms with Crippen molar-refractivity contribution in [2.75, 3.05) is 19.6 Å². The number of nitrogens with zero attached hydrogens (tertiary/aromatic N) is 2. The number of amides is 3. The molecular formula is C21H41N7O5. The van der Waals surface area contributed by atoms with Gasteiger partial charge in [0.2, 0.25) is 17.7 Å². The van der Waals surface area contributed by atoms with Gasteiger partial charge in [0.05, 0.1) is 12.1 Å². The number of carboxylic acid groups (broad SMARTS) is 1. The molecule has 0 spiro atoms. The number of aliphatic imine (C=N–C) groups is 1. The predicted molar refractivity (Wildman–Crippen MR) is 126 cm³/mol. The van der Waals surface area contributed by atoms with E-state index in [0.29, 0.717) is 25.8 Å². The third-order valence-electron chi connectivity index (χ3n) is 4.96. The lowest BCUT2D eigenvalue weighted by atomic mass is 10.0. The molecule has 33 heavy (non-hydrogen) atoms. The number of hydrogen-bond donors (Lipinski definition) is 6. The van der Waals surface area contributed by atoms with Crippen LogP contribution >= 0.6 is 0 Å². The van der Waals surface area contributed by atoms with E-state index in [-0.39, 0.29) is 30.2 Å². The number of rotatable bonds is 11. The number of likely N-dealkylation sites (N-methyl/N-ethyl adjacent to an activating group) is 1. The van der Waals surface area contributed by atoms with Crippen molar-refractivity contribution in [3.05, 3.63) is 0 Å². The number of hydrogen-bond acceptors (Lipinski definition) is 7. The molecule has 1 aliphatic rings. The molecule has 0 bridgehead atoms. The fourth-order valence-electron chi connectivity index (χ4n) is 3.46. The topological polar surface area (TPSA) is 206 Å². The van der Waals surface area contributed by atoms with Gasteiger partial charge in [-0.2, -0.15) is 0 Å². The highest BCUT2D eigenvalue weighted by atomic mass is 16.4. The predicted octanol–water partition coefficient (Wildman–Crippen LogP) is -0.884. The molecule has 0 aromatic carbocycles. The lowest BCUT2D eigenvalue weighted by molar-refractivity contribution is -0.136. The van der Waals surface area contributed by atoms with Crippen molar-refractivity contribution in [2.24, 2.45) is 28.1 Å². The van der Waals surface area contributed by atoms with Gasteiger partial charge in [0.25, 0.3) is 5.97 Å². The van der Waals surface area contributed by atoms with Crippen molar-refractivity contribution in [1.29, 1.82) is 0 Å². The third-order valence-corrected chi connectivity index (χ3v) is 4.96. The molecule has 0 aromatic rings. The van der Waals surface area contributed by atoms with Gasteiger partial charge in [-0.05, 0) is 51.1 Å². The van der Waals surface area contributed by atoms with Crippen molar-refractivity contribution in [3.8, 4) is 0 Å². The van der Waals surface area contributed by atoms with E-state index >= 15 is 0 Å². The van der Waals surface area contributed by atoms with Crippen LogP contribution in [0, 0.1) is 5.92 Å². The quantitative estimate of drug-likeness (QED) is 0.125. The molecule has 12 heteroatoms. The maximum Gasteiger partial charge on any atom is 0.300 e. The first kappa shape index (κ1) is 30.3. The van der Waals surface area contributed by atoms with E-state index in [9.17, 15) is 14.4 Å². The maximum atomic E-state index is 12.7. The molecule has 0 aliphatic carbocycles. The van der Waals surface area contributed by atoms with Gasteiger partial charge in [-0.3, -0.25) is 34.4 Å². The Labute approximate surface area is 195 Å². The van der Waals surface area contributed by atoms with E-state index in [1.165, 1.54) is 0 Å². The van der Waals surface area contributed by atoms with Crippen molar-refractivity contribution >= 4 is 29.7 Å². The Morgan fingerprint density at radius 3 is 2.30 bits per heavy atom. The fourth-order valence-corrected chi connectivity index (χ4v) is 3.46. The molecular weight excluding hydrogens is 430 g/mol. The van der Waals surface area contributed by atoms with E-state index in [2.05, 4.69) is 15.6 Å². The molecule has 0 saturated carbocycles. The summed E-state index contributed by atoms with van der Waals surface area (Å²) < 4.78 is 0. The van der Waals surface area contributed by atoms with Gasteiger partial charge < -0.3 is 27.6 Å². The molecule has 190 valence electrons. The molecule has 1 saturated heterocycles. The van der Waals surface area contributed by atoms with Gasteiger partial charge >= 0.3 is 0 Å². The second-order valence-corrected chi connectivity index (χ2v) is 8.41. The minimum absolute atomic E-state index is 0.0370. The lowest BCUT2D eigenvalue weighted by Gasteiger charge is -2.24. The van der Waals surface area contributed by atoms with Gasteiger partial charge in [-0.1, -0.05) is 20.8 Å². The highest BCUT2D eigenvalue weighted by Crippen LogP contribution is 2.16. The number of imide groups is 1. The van der Waals surface area contributed by atoms with Crippen molar-refractivity contribution < 1.29 is 24.3 Å². The maximum absolute atomic E-state index is 12.7. The second kappa shape index (κ2) is 16.0. The molecule has 3 amide bonds. The van der Waals surface area contributed by atoms with E-state index in [1.54, 1.807) is 0 Å². The number of nitrogens with one attached hydrogen (secondary N) is 2. The summed E-state index contributed by atoms with van der Waals surface area (Å²) in [4.78, 5) is 52.6. The minimum Gasteiger partial charge on any atom is -0.481 e. The number of carbonyl (C=O) groups is 4. The normalized spacial score (nSPS) is 17.3. The first-order chi connectivity index (χ1) is 15.4. The Bertz CT molecular complexity index is 676. The summed E-state index contributed by atoms with van der Waals surface area (Å²) in [5, 5.41) is 12.6. The second-order valence-electron chi connectivity index (χ2n) is 8.41. The van der Waals surface area contributed by atoms with E-state index in [4.69, 9.17) is 27.1 Å². The van der Waals surface area contributed by atoms with Crippen LogP contribution in [0.5, 0.6) is 0 Å². The smallest absolute Gasteiger partial charge is 0.300 e. The summed E-state index contributed by atoms with van der Waals surface area (Å²) in [5.74, 6) is -1.90. The van der Waals surface area contributed by atoms with Crippen LogP contribution in [0.3, 0.4) is 0 Å². The summed E-state index contributed by atoms with van der Waals surface area (Å²) in [6, 6.07) is -1.91. The minimum atomic E-state index is -0.879. The number of carbonyl (C=O) groups excluding carboxylic acids is 3. The number of likely N-dealkylation sites (tertiary alicyclic amines) is 1. The number of nitrogens with two attached hydrogens (primary N) is 3. The van der Waals surface area contributed by atoms with Gasteiger partial charge in [-0.25, -0.2) is 0 Å². The number of carboxylic acids is 1. The highest BCUT2D eigenvalue weighted by molar-refractivity contribution is 6.01. The summed E-state index contributed by atoms with van der Waals surface area (Å²) >= 11 is 0. The zero-order chi connectivity index (χ0) is 25.6. The zero-order valence-electron chi connectivity index (χ0n) is 20.2. The van der Waals surface area contributed by atoms with Gasteiger partial charge in [0, 0.05) is 13.5 Å². The Kier molecular flexibility index (Phi) is 14.7. The van der Waals surface area contributed by atoms with Crippen LogP contribution in [0.4, 0.5) is 0 Å². The zero-order valence-corrected chi connectivity index (χ0v) is 20.2. The van der Waals surface area contributed by atoms with E-state index < -0.39 is 29.9 Å². The Morgan fingerprint density at radius 2 is 1.79 bits per heavy atom. The van der Waals surface area contributed by atoms with Crippen LogP contribution in [-0.4, -0.2) is 77.4 Å². The average molecular weight is 472 g/mol. The molecule has 0 aromatic heterocycles. The van der Waals surface area contributed by atoms with E-state index in [1.807, 2.05) is 25.7 Å². The first-order valence-electron chi connectivity index (χ1n) is 11.3. The van der Waals surface area contributed by atoms with E-state index in [0.717, 1.165) is 26.4 Å². The molecule has 1 fully saturated rings. The fraction of sp³-hybridized carbons (Fsp3) is 0.762. The summed E-state index contributed by atoms with van der Waals surface area (Å²) in [6.45, 7) is 8.90. The number of aliphatic carboxylic acids is 1.